The molecule has 35 heavy (non-hydrogen) atoms. The van der Waals surface area contributed by atoms with Gasteiger partial charge in [0.2, 0.25) is 0 Å². The van der Waals surface area contributed by atoms with Gasteiger partial charge in [0.1, 0.15) is 17.1 Å². The summed E-state index contributed by atoms with van der Waals surface area (Å²) in [7, 11) is 0. The van der Waals surface area contributed by atoms with Gasteiger partial charge in [0.15, 0.2) is 0 Å². The highest BCUT2D eigenvalue weighted by atomic mass is 35.5. The fourth-order valence-electron chi connectivity index (χ4n) is 2.59. The van der Waals surface area contributed by atoms with Crippen molar-refractivity contribution in [3.63, 3.8) is 0 Å². The summed E-state index contributed by atoms with van der Waals surface area (Å²) in [5.41, 5.74) is -2.53. The van der Waals surface area contributed by atoms with E-state index >= 15 is 0 Å². The van der Waals surface area contributed by atoms with E-state index in [1.807, 2.05) is 0 Å². The first kappa shape index (κ1) is 27.4. The molecule has 0 aliphatic carbocycles. The summed E-state index contributed by atoms with van der Waals surface area (Å²) in [6.07, 6.45) is -6.81. The Hall–Kier alpha value is -3.87. The maximum atomic E-state index is 12.8. The van der Waals surface area contributed by atoms with Crippen LogP contribution in [0.5, 0.6) is 11.5 Å². The highest BCUT2D eigenvalue weighted by molar-refractivity contribution is 6.32. The SMILES string of the molecule is CCOC(=O)C(OC(=O)c1cc(Oc2ccc(C(F)(F)F)cc2Cl)ccc1[N+](=O)[O-])C(=O)OCC. The number of benzene rings is 2. The largest absolute Gasteiger partial charge is 0.463 e. The van der Waals surface area contributed by atoms with Gasteiger partial charge in [-0.25, -0.2) is 14.4 Å². The van der Waals surface area contributed by atoms with Crippen LogP contribution in [0.4, 0.5) is 18.9 Å². The van der Waals surface area contributed by atoms with Crippen LogP contribution in [0.25, 0.3) is 0 Å². The second kappa shape index (κ2) is 11.5. The molecule has 0 fully saturated rings. The maximum absolute atomic E-state index is 12.8. The Bertz CT molecular complexity index is 1120. The molecule has 2 aromatic rings. The molecule has 0 aromatic heterocycles. The van der Waals surface area contributed by atoms with Crippen LogP contribution >= 0.6 is 11.6 Å². The fourth-order valence-corrected chi connectivity index (χ4v) is 2.81. The molecule has 0 spiro atoms. The van der Waals surface area contributed by atoms with Crippen LogP contribution < -0.4 is 4.74 Å². The van der Waals surface area contributed by atoms with Crippen molar-refractivity contribution < 1.29 is 51.4 Å². The van der Waals surface area contributed by atoms with E-state index < -0.39 is 56.9 Å². The Morgan fingerprint density at radius 1 is 1.03 bits per heavy atom. The number of esters is 3. The molecule has 188 valence electrons. The first-order chi connectivity index (χ1) is 16.4. The van der Waals surface area contributed by atoms with Crippen LogP contribution in [0.15, 0.2) is 36.4 Å². The van der Waals surface area contributed by atoms with Crippen LogP contribution in [0.2, 0.25) is 5.02 Å². The van der Waals surface area contributed by atoms with Gasteiger partial charge in [0, 0.05) is 12.1 Å². The van der Waals surface area contributed by atoms with Crippen molar-refractivity contribution in [2.45, 2.75) is 26.1 Å². The predicted octanol–water partition coefficient (Wildman–Crippen LogP) is 4.71. The molecule has 0 aliphatic rings. The zero-order chi connectivity index (χ0) is 26.3. The third-order valence-electron chi connectivity index (χ3n) is 4.10. The van der Waals surface area contributed by atoms with Crippen molar-refractivity contribution in [2.75, 3.05) is 13.2 Å². The van der Waals surface area contributed by atoms with E-state index in [2.05, 4.69) is 9.47 Å². The van der Waals surface area contributed by atoms with Gasteiger partial charge in [0.05, 0.1) is 28.7 Å². The van der Waals surface area contributed by atoms with Gasteiger partial charge in [-0.1, -0.05) is 11.6 Å². The molecule has 0 atom stereocenters. The average Bonchev–Trinajstić information content (AvgIpc) is 2.78. The molecule has 14 heteroatoms. The van der Waals surface area contributed by atoms with E-state index in [4.69, 9.17) is 21.1 Å². The predicted molar refractivity (Wildman–Crippen MR) is 112 cm³/mol. The van der Waals surface area contributed by atoms with Gasteiger partial charge < -0.3 is 18.9 Å². The zero-order valence-electron chi connectivity index (χ0n) is 18.1. The third kappa shape index (κ3) is 7.06. The molecule has 0 N–H and O–H groups in total. The summed E-state index contributed by atoms with van der Waals surface area (Å²) in [6.45, 7) is 2.53. The smallest absolute Gasteiger partial charge is 0.416 e. The van der Waals surface area contributed by atoms with Crippen LogP contribution in [-0.2, 0) is 30.0 Å². The van der Waals surface area contributed by atoms with E-state index in [9.17, 15) is 37.7 Å². The van der Waals surface area contributed by atoms with Crippen molar-refractivity contribution in [2.24, 2.45) is 0 Å². The summed E-state index contributed by atoms with van der Waals surface area (Å²) in [5.74, 6) is -4.47. The second-order valence-corrected chi connectivity index (χ2v) is 6.88. The van der Waals surface area contributed by atoms with Crippen molar-refractivity contribution in [1.29, 1.82) is 0 Å². The van der Waals surface area contributed by atoms with Crippen molar-refractivity contribution in [3.05, 3.63) is 62.7 Å². The van der Waals surface area contributed by atoms with Gasteiger partial charge in [-0.2, -0.15) is 13.2 Å². The minimum absolute atomic E-state index is 0.163. The number of nitro benzene ring substituents is 1. The Morgan fingerprint density at radius 2 is 1.63 bits per heavy atom. The van der Waals surface area contributed by atoms with Crippen molar-refractivity contribution >= 4 is 35.2 Å². The molecule has 0 unspecified atom stereocenters. The summed E-state index contributed by atoms with van der Waals surface area (Å²) < 4.78 is 58.0. The van der Waals surface area contributed by atoms with Gasteiger partial charge in [0.25, 0.3) is 11.8 Å². The summed E-state index contributed by atoms with van der Waals surface area (Å²) >= 11 is 5.84. The third-order valence-corrected chi connectivity index (χ3v) is 4.39. The minimum atomic E-state index is -4.65. The lowest BCUT2D eigenvalue weighted by Crippen LogP contribution is -2.38. The number of carbonyl (C=O) groups excluding carboxylic acids is 3. The molecular formula is C21H17ClF3NO9. The van der Waals surface area contributed by atoms with E-state index in [-0.39, 0.29) is 24.7 Å². The van der Waals surface area contributed by atoms with Gasteiger partial charge in [-0.05, 0) is 38.1 Å². The van der Waals surface area contributed by atoms with Crippen molar-refractivity contribution in [3.8, 4) is 11.5 Å². The Morgan fingerprint density at radius 3 is 2.11 bits per heavy atom. The molecule has 0 amide bonds. The lowest BCUT2D eigenvalue weighted by molar-refractivity contribution is -0.385. The zero-order valence-corrected chi connectivity index (χ0v) is 18.8. The number of hydrogen-bond donors (Lipinski definition) is 0. The van der Waals surface area contributed by atoms with E-state index in [1.54, 1.807) is 0 Å². The molecule has 0 saturated carbocycles. The van der Waals surface area contributed by atoms with Crippen molar-refractivity contribution in [1.82, 2.24) is 0 Å². The number of nitro groups is 1. The molecular weight excluding hydrogens is 503 g/mol. The quantitative estimate of drug-likeness (QED) is 0.152. The summed E-state index contributed by atoms with van der Waals surface area (Å²) in [5, 5.41) is 11.0. The van der Waals surface area contributed by atoms with Gasteiger partial charge in [-0.3, -0.25) is 10.1 Å². The number of carbonyl (C=O) groups is 3. The molecule has 2 aromatic carbocycles. The maximum Gasteiger partial charge on any atom is 0.416 e. The monoisotopic (exact) mass is 519 g/mol. The highest BCUT2D eigenvalue weighted by Gasteiger charge is 2.36. The first-order valence-corrected chi connectivity index (χ1v) is 10.1. The Labute approximate surface area is 200 Å². The first-order valence-electron chi connectivity index (χ1n) is 9.76. The number of rotatable bonds is 9. The number of nitrogens with zero attached hydrogens (tertiary/aromatic N) is 1. The van der Waals surface area contributed by atoms with E-state index in [1.165, 1.54) is 13.8 Å². The number of ether oxygens (including phenoxy) is 4. The highest BCUT2D eigenvalue weighted by Crippen LogP contribution is 2.37. The number of halogens is 4. The molecule has 2 rings (SSSR count). The topological polar surface area (TPSA) is 131 Å². The number of alkyl halides is 3. The normalized spacial score (nSPS) is 11.1. The lowest BCUT2D eigenvalue weighted by Gasteiger charge is -2.15. The molecule has 0 bridgehead atoms. The van der Waals surface area contributed by atoms with Crippen LogP contribution in [0.1, 0.15) is 29.8 Å². The molecule has 0 heterocycles. The van der Waals surface area contributed by atoms with Gasteiger partial charge in [-0.15, -0.1) is 0 Å². The van der Waals surface area contributed by atoms with Crippen LogP contribution in [0.3, 0.4) is 0 Å². The summed E-state index contributed by atoms with van der Waals surface area (Å²) in [4.78, 5) is 47.2. The number of hydrogen-bond acceptors (Lipinski definition) is 9. The molecule has 0 saturated heterocycles. The molecule has 0 radical (unpaired) electrons. The Balaban J connectivity index is 2.39. The lowest BCUT2D eigenvalue weighted by atomic mass is 10.1. The fraction of sp³-hybridized carbons (Fsp3) is 0.286. The van der Waals surface area contributed by atoms with E-state index in [0.717, 1.165) is 24.3 Å². The van der Waals surface area contributed by atoms with Gasteiger partial charge >= 0.3 is 24.1 Å². The van der Waals surface area contributed by atoms with E-state index in [0.29, 0.717) is 12.1 Å². The van der Waals surface area contributed by atoms with Crippen LogP contribution in [-0.4, -0.2) is 42.1 Å². The average molecular weight is 520 g/mol. The summed E-state index contributed by atoms with van der Waals surface area (Å²) in [6, 6.07) is 4.97. The standard InChI is InChI=1S/C21H17ClF3NO9/c1-3-32-19(28)17(20(29)33-4-2)35-18(27)13-10-12(6-7-15(13)26(30)31)34-16-8-5-11(9-14(16)22)21(23,24)25/h5-10,17H,3-4H2,1-2H3. The Kier molecular flexibility index (Phi) is 9.00. The molecule has 10 nitrogen and oxygen atoms in total. The minimum Gasteiger partial charge on any atom is -0.463 e. The molecule has 0 aliphatic heterocycles. The van der Waals surface area contributed by atoms with Crippen LogP contribution in [0, 0.1) is 10.1 Å². The second-order valence-electron chi connectivity index (χ2n) is 6.47.